The van der Waals surface area contributed by atoms with E-state index in [1.807, 2.05) is 6.92 Å². The van der Waals surface area contributed by atoms with Gasteiger partial charge in [0.25, 0.3) is 0 Å². The van der Waals surface area contributed by atoms with Gasteiger partial charge in [-0.05, 0) is 26.2 Å². The van der Waals surface area contributed by atoms with Gasteiger partial charge >= 0.3 is 0 Å². The number of aryl methyl sites for hydroxylation is 1. The first-order valence-electron chi connectivity index (χ1n) is 6.53. The number of hydrogen-bond donors (Lipinski definition) is 2. The zero-order chi connectivity index (χ0) is 13.0. The van der Waals surface area contributed by atoms with Crippen molar-refractivity contribution in [2.24, 2.45) is 5.41 Å². The lowest BCUT2D eigenvalue weighted by Crippen LogP contribution is -2.44. The molecule has 1 aliphatic rings. The van der Waals surface area contributed by atoms with Crippen LogP contribution in [0, 0.1) is 12.3 Å². The molecule has 0 bridgehead atoms. The summed E-state index contributed by atoms with van der Waals surface area (Å²) in [6.07, 6.45) is 4.27. The molecule has 0 saturated carbocycles. The number of aromatic amines is 1. The lowest BCUT2D eigenvalue weighted by atomic mass is 9.77. The van der Waals surface area contributed by atoms with E-state index >= 15 is 0 Å². The molecule has 0 radical (unpaired) electrons. The van der Waals surface area contributed by atoms with E-state index in [0.29, 0.717) is 19.8 Å². The molecule has 0 aliphatic carbocycles. The number of ether oxygens (including phenoxy) is 1. The number of nitrogens with zero attached hydrogens (tertiary/aromatic N) is 1. The minimum absolute atomic E-state index is 0.147. The summed E-state index contributed by atoms with van der Waals surface area (Å²) in [7, 11) is 0. The molecule has 1 aliphatic heterocycles. The number of amides is 1. The van der Waals surface area contributed by atoms with E-state index < -0.39 is 0 Å². The van der Waals surface area contributed by atoms with Gasteiger partial charge in [0, 0.05) is 31.0 Å². The minimum atomic E-state index is -0.240. The van der Waals surface area contributed by atoms with Crippen LogP contribution in [0.4, 0.5) is 0 Å². The number of rotatable bonds is 4. The summed E-state index contributed by atoms with van der Waals surface area (Å²) < 4.78 is 5.35. The molecular weight excluding hydrogens is 230 g/mol. The third-order valence-electron chi connectivity index (χ3n) is 3.98. The van der Waals surface area contributed by atoms with Gasteiger partial charge in [-0.2, -0.15) is 5.10 Å². The summed E-state index contributed by atoms with van der Waals surface area (Å²) in [5.74, 6) is 0.147. The van der Waals surface area contributed by atoms with E-state index in [1.165, 1.54) is 0 Å². The number of H-pyrrole nitrogens is 1. The number of carbonyl (C=O) groups excluding carboxylic acids is 1. The molecule has 1 amide bonds. The Kier molecular flexibility index (Phi) is 4.01. The smallest absolute Gasteiger partial charge is 0.226 e. The van der Waals surface area contributed by atoms with Gasteiger partial charge in [0.2, 0.25) is 5.91 Å². The Bertz CT molecular complexity index is 408. The second-order valence-corrected chi connectivity index (χ2v) is 4.95. The standard InChI is InChI=1S/C13H21N3O2/c1-3-13(4-6-18-7-5-13)12(17)14-8-11-9-15-16-10(11)2/h9H,3-8H2,1-2H3,(H,14,17)(H,15,16). The van der Waals surface area contributed by atoms with Crippen molar-refractivity contribution in [1.29, 1.82) is 0 Å². The summed E-state index contributed by atoms with van der Waals surface area (Å²) in [5, 5.41) is 9.86. The first kappa shape index (κ1) is 13.1. The van der Waals surface area contributed by atoms with Gasteiger partial charge in [0.05, 0.1) is 11.6 Å². The van der Waals surface area contributed by atoms with Crippen molar-refractivity contribution in [2.45, 2.75) is 39.7 Å². The monoisotopic (exact) mass is 251 g/mol. The van der Waals surface area contributed by atoms with Crippen molar-refractivity contribution >= 4 is 5.91 Å². The molecule has 1 aromatic heterocycles. The van der Waals surface area contributed by atoms with Crippen LogP contribution in [0.1, 0.15) is 37.4 Å². The maximum Gasteiger partial charge on any atom is 0.226 e. The average Bonchev–Trinajstić information content (AvgIpc) is 2.82. The minimum Gasteiger partial charge on any atom is -0.381 e. The number of nitrogens with one attached hydrogen (secondary N) is 2. The Balaban J connectivity index is 1.96. The molecule has 2 rings (SSSR count). The second-order valence-electron chi connectivity index (χ2n) is 4.95. The highest BCUT2D eigenvalue weighted by Crippen LogP contribution is 2.34. The zero-order valence-electron chi connectivity index (χ0n) is 11.1. The van der Waals surface area contributed by atoms with Crippen molar-refractivity contribution in [3.05, 3.63) is 17.5 Å². The predicted octanol–water partition coefficient (Wildman–Crippen LogP) is 1.54. The van der Waals surface area contributed by atoms with Crippen molar-refractivity contribution in [1.82, 2.24) is 15.5 Å². The second kappa shape index (κ2) is 5.52. The largest absolute Gasteiger partial charge is 0.381 e. The van der Waals surface area contributed by atoms with Crippen LogP contribution in [-0.4, -0.2) is 29.3 Å². The maximum absolute atomic E-state index is 12.4. The Morgan fingerprint density at radius 1 is 1.56 bits per heavy atom. The Labute approximate surface area is 107 Å². The molecule has 5 heteroatoms. The van der Waals surface area contributed by atoms with E-state index in [0.717, 1.165) is 30.5 Å². The van der Waals surface area contributed by atoms with E-state index in [2.05, 4.69) is 22.4 Å². The van der Waals surface area contributed by atoms with Gasteiger partial charge in [-0.1, -0.05) is 6.92 Å². The Hall–Kier alpha value is -1.36. The summed E-state index contributed by atoms with van der Waals surface area (Å²) in [5.41, 5.74) is 1.81. The number of hydrogen-bond acceptors (Lipinski definition) is 3. The first-order valence-corrected chi connectivity index (χ1v) is 6.53. The van der Waals surface area contributed by atoms with Crippen LogP contribution in [0.25, 0.3) is 0 Å². The fourth-order valence-electron chi connectivity index (χ4n) is 2.42. The third kappa shape index (κ3) is 2.56. The van der Waals surface area contributed by atoms with Crippen LogP contribution in [0.15, 0.2) is 6.20 Å². The van der Waals surface area contributed by atoms with Gasteiger partial charge in [0.15, 0.2) is 0 Å². The molecule has 2 N–H and O–H groups in total. The lowest BCUT2D eigenvalue weighted by molar-refractivity contribution is -0.137. The predicted molar refractivity (Wildman–Crippen MR) is 67.9 cm³/mol. The molecule has 0 spiro atoms. The van der Waals surface area contributed by atoms with Gasteiger partial charge in [-0.15, -0.1) is 0 Å². The molecule has 1 saturated heterocycles. The quantitative estimate of drug-likeness (QED) is 0.853. The molecular formula is C13H21N3O2. The highest BCUT2D eigenvalue weighted by molar-refractivity contribution is 5.82. The zero-order valence-corrected chi connectivity index (χ0v) is 11.1. The summed E-state index contributed by atoms with van der Waals surface area (Å²) in [4.78, 5) is 12.4. The third-order valence-corrected chi connectivity index (χ3v) is 3.98. The molecule has 5 nitrogen and oxygen atoms in total. The van der Waals surface area contributed by atoms with E-state index in [1.54, 1.807) is 6.20 Å². The molecule has 2 heterocycles. The molecule has 0 unspecified atom stereocenters. The molecule has 1 fully saturated rings. The van der Waals surface area contributed by atoms with Crippen LogP contribution in [-0.2, 0) is 16.1 Å². The molecule has 100 valence electrons. The van der Waals surface area contributed by atoms with Crippen molar-refractivity contribution in [3.63, 3.8) is 0 Å². The lowest BCUT2D eigenvalue weighted by Gasteiger charge is -2.34. The number of aromatic nitrogens is 2. The van der Waals surface area contributed by atoms with Gasteiger partial charge in [-0.3, -0.25) is 9.89 Å². The molecule has 0 aromatic carbocycles. The van der Waals surface area contributed by atoms with Crippen molar-refractivity contribution < 1.29 is 9.53 Å². The molecule has 1 aromatic rings. The molecule has 18 heavy (non-hydrogen) atoms. The highest BCUT2D eigenvalue weighted by atomic mass is 16.5. The van der Waals surface area contributed by atoms with Gasteiger partial charge in [-0.25, -0.2) is 0 Å². The fraction of sp³-hybridized carbons (Fsp3) is 0.692. The van der Waals surface area contributed by atoms with E-state index in [9.17, 15) is 4.79 Å². The summed E-state index contributed by atoms with van der Waals surface area (Å²) in [6.45, 7) is 5.95. The van der Waals surface area contributed by atoms with Crippen LogP contribution in [0.5, 0.6) is 0 Å². The van der Waals surface area contributed by atoms with Gasteiger partial charge < -0.3 is 10.1 Å². The van der Waals surface area contributed by atoms with Gasteiger partial charge in [0.1, 0.15) is 0 Å². The fourth-order valence-corrected chi connectivity index (χ4v) is 2.42. The van der Waals surface area contributed by atoms with Crippen LogP contribution in [0.3, 0.4) is 0 Å². The van der Waals surface area contributed by atoms with Crippen molar-refractivity contribution in [3.8, 4) is 0 Å². The topological polar surface area (TPSA) is 67.0 Å². The van der Waals surface area contributed by atoms with Crippen molar-refractivity contribution in [2.75, 3.05) is 13.2 Å². The van der Waals surface area contributed by atoms with Crippen LogP contribution < -0.4 is 5.32 Å². The average molecular weight is 251 g/mol. The Morgan fingerprint density at radius 2 is 2.28 bits per heavy atom. The van der Waals surface area contributed by atoms with Crippen LogP contribution in [0.2, 0.25) is 0 Å². The maximum atomic E-state index is 12.4. The molecule has 0 atom stereocenters. The number of carbonyl (C=O) groups is 1. The Morgan fingerprint density at radius 3 is 2.83 bits per heavy atom. The normalized spacial score (nSPS) is 18.6. The summed E-state index contributed by atoms with van der Waals surface area (Å²) in [6, 6.07) is 0. The SMILES string of the molecule is CCC1(C(=O)NCc2cn[nH]c2C)CCOCC1. The highest BCUT2D eigenvalue weighted by Gasteiger charge is 2.37. The summed E-state index contributed by atoms with van der Waals surface area (Å²) >= 11 is 0. The van der Waals surface area contributed by atoms with E-state index in [4.69, 9.17) is 4.74 Å². The van der Waals surface area contributed by atoms with E-state index in [-0.39, 0.29) is 11.3 Å². The van der Waals surface area contributed by atoms with Crippen LogP contribution >= 0.6 is 0 Å². The first-order chi connectivity index (χ1) is 8.68.